The van der Waals surface area contributed by atoms with Crippen LogP contribution in [0.25, 0.3) is 0 Å². The van der Waals surface area contributed by atoms with Gasteiger partial charge in [0.2, 0.25) is 11.8 Å². The van der Waals surface area contributed by atoms with Crippen molar-refractivity contribution < 1.29 is 23.5 Å². The molecule has 1 saturated heterocycles. The van der Waals surface area contributed by atoms with Crippen molar-refractivity contribution in [2.45, 2.75) is 12.5 Å². The van der Waals surface area contributed by atoms with Crippen molar-refractivity contribution in [3.05, 3.63) is 72.1 Å². The van der Waals surface area contributed by atoms with E-state index in [1.807, 2.05) is 7.05 Å². The van der Waals surface area contributed by atoms with Crippen LogP contribution in [0.2, 0.25) is 0 Å². The normalized spacial score (nSPS) is 18.3. The molecule has 2 atom stereocenters. The molecule has 170 valence electrons. The van der Waals surface area contributed by atoms with Gasteiger partial charge in [-0.15, -0.1) is 0 Å². The van der Waals surface area contributed by atoms with E-state index >= 15 is 0 Å². The Bertz CT molecular complexity index is 1190. The molecule has 3 aromatic rings. The molecule has 9 heteroatoms. The lowest BCUT2D eigenvalue weighted by molar-refractivity contribution is -0.126. The van der Waals surface area contributed by atoms with Crippen LogP contribution in [-0.2, 0) is 16.6 Å². The van der Waals surface area contributed by atoms with E-state index in [9.17, 15) is 14.0 Å². The van der Waals surface area contributed by atoms with Crippen molar-refractivity contribution in [2.75, 3.05) is 24.7 Å². The molecule has 0 saturated carbocycles. The number of carbonyl (C=O) groups is 2. The highest BCUT2D eigenvalue weighted by atomic mass is 19.1. The highest BCUT2D eigenvalue weighted by molar-refractivity contribution is 6.00. The first-order chi connectivity index (χ1) is 16.0. The summed E-state index contributed by atoms with van der Waals surface area (Å²) in [5.74, 6) is 0.550. The Kier molecular flexibility index (Phi) is 5.45. The summed E-state index contributed by atoms with van der Waals surface area (Å²) in [6.45, 7) is 1.19. The first-order valence-corrected chi connectivity index (χ1v) is 10.7. The van der Waals surface area contributed by atoms with Crippen molar-refractivity contribution in [1.82, 2.24) is 14.9 Å². The largest absolute Gasteiger partial charge is 0.486 e. The Morgan fingerprint density at radius 2 is 1.91 bits per heavy atom. The zero-order chi connectivity index (χ0) is 22.9. The van der Waals surface area contributed by atoms with Gasteiger partial charge >= 0.3 is 0 Å². The number of halogens is 1. The molecule has 2 aliphatic rings. The molecule has 3 heterocycles. The van der Waals surface area contributed by atoms with Crippen molar-refractivity contribution in [3.63, 3.8) is 0 Å². The van der Waals surface area contributed by atoms with Crippen LogP contribution < -0.4 is 19.7 Å². The van der Waals surface area contributed by atoms with Crippen molar-refractivity contribution >= 4 is 17.5 Å². The lowest BCUT2D eigenvalue weighted by Crippen LogP contribution is -2.37. The van der Waals surface area contributed by atoms with Gasteiger partial charge in [0, 0.05) is 44.2 Å². The van der Waals surface area contributed by atoms with E-state index in [1.165, 1.54) is 12.1 Å². The van der Waals surface area contributed by atoms with Gasteiger partial charge in [-0.05, 0) is 29.8 Å². The van der Waals surface area contributed by atoms with E-state index in [-0.39, 0.29) is 30.6 Å². The quantitative estimate of drug-likeness (QED) is 0.646. The number of ether oxygens (including phenoxy) is 2. The standard InChI is InChI=1S/C24H23FN4O4/c1-28-9-8-26-23(28)22(15-2-4-17(25)5-3-15)27-24(31)16-12-21(30)29(14-16)18-6-7-19-20(13-18)33-11-10-32-19/h2-9,13,16,22H,10-12,14H2,1H3,(H,27,31)/t16-,22-/m1/s1. The van der Waals surface area contributed by atoms with E-state index < -0.39 is 12.0 Å². The summed E-state index contributed by atoms with van der Waals surface area (Å²) in [7, 11) is 1.83. The third kappa shape index (κ3) is 4.13. The molecule has 0 radical (unpaired) electrons. The molecule has 1 fully saturated rings. The molecule has 0 spiro atoms. The van der Waals surface area contributed by atoms with Crippen molar-refractivity contribution in [2.24, 2.45) is 13.0 Å². The van der Waals surface area contributed by atoms with Gasteiger partial charge in [0.25, 0.3) is 0 Å². The summed E-state index contributed by atoms with van der Waals surface area (Å²) >= 11 is 0. The van der Waals surface area contributed by atoms with Gasteiger partial charge in [-0.25, -0.2) is 9.37 Å². The van der Waals surface area contributed by atoms with Gasteiger partial charge in [0.1, 0.15) is 30.9 Å². The lowest BCUT2D eigenvalue weighted by atomic mass is 10.0. The van der Waals surface area contributed by atoms with Crippen LogP contribution in [-0.4, -0.2) is 41.1 Å². The predicted octanol–water partition coefficient (Wildman–Crippen LogP) is 2.59. The van der Waals surface area contributed by atoms with Gasteiger partial charge in [0.15, 0.2) is 11.5 Å². The van der Waals surface area contributed by atoms with E-state index in [1.54, 1.807) is 52.2 Å². The fourth-order valence-electron chi connectivity index (χ4n) is 4.20. The SMILES string of the molecule is Cn1ccnc1[C@H](NC(=O)[C@@H]1CC(=O)N(c2ccc3c(c2)OCCO3)C1)c1ccc(F)cc1. The van der Waals surface area contributed by atoms with Gasteiger partial charge < -0.3 is 24.3 Å². The molecule has 5 rings (SSSR count). The number of aryl methyl sites for hydroxylation is 1. The van der Waals surface area contributed by atoms with Crippen LogP contribution in [0.1, 0.15) is 23.9 Å². The first-order valence-electron chi connectivity index (χ1n) is 10.7. The number of imidazole rings is 1. The van der Waals surface area contributed by atoms with Crippen molar-refractivity contribution in [1.29, 1.82) is 0 Å². The molecule has 0 aliphatic carbocycles. The Hall–Kier alpha value is -3.88. The fraction of sp³-hybridized carbons (Fsp3) is 0.292. The Balaban J connectivity index is 1.35. The van der Waals surface area contributed by atoms with Gasteiger partial charge in [0.05, 0.1) is 5.92 Å². The number of hydrogen-bond donors (Lipinski definition) is 1. The average Bonchev–Trinajstić information content (AvgIpc) is 3.43. The second-order valence-corrected chi connectivity index (χ2v) is 8.12. The topological polar surface area (TPSA) is 85.7 Å². The Labute approximate surface area is 189 Å². The van der Waals surface area contributed by atoms with E-state index in [0.29, 0.717) is 41.8 Å². The summed E-state index contributed by atoms with van der Waals surface area (Å²) in [5, 5.41) is 3.01. The summed E-state index contributed by atoms with van der Waals surface area (Å²) in [6.07, 6.45) is 3.51. The number of carbonyl (C=O) groups excluding carboxylic acids is 2. The number of nitrogens with zero attached hydrogens (tertiary/aromatic N) is 3. The van der Waals surface area contributed by atoms with E-state index in [2.05, 4.69) is 10.3 Å². The number of amides is 2. The van der Waals surface area contributed by atoms with Crippen LogP contribution in [0, 0.1) is 11.7 Å². The Morgan fingerprint density at radius 1 is 1.15 bits per heavy atom. The minimum atomic E-state index is -0.573. The number of anilines is 1. The molecule has 2 aromatic carbocycles. The number of fused-ring (bicyclic) bond motifs is 1. The van der Waals surface area contributed by atoms with Crippen LogP contribution >= 0.6 is 0 Å². The molecule has 33 heavy (non-hydrogen) atoms. The minimum absolute atomic E-state index is 0.0942. The number of rotatable bonds is 5. The molecule has 1 N–H and O–H groups in total. The third-order valence-electron chi connectivity index (χ3n) is 5.94. The highest BCUT2D eigenvalue weighted by Crippen LogP contribution is 2.36. The van der Waals surface area contributed by atoms with Crippen LogP contribution in [0.3, 0.4) is 0 Å². The Morgan fingerprint density at radius 3 is 2.64 bits per heavy atom. The minimum Gasteiger partial charge on any atom is -0.486 e. The van der Waals surface area contributed by atoms with E-state index in [4.69, 9.17) is 9.47 Å². The molecule has 2 amide bonds. The number of benzene rings is 2. The van der Waals surface area contributed by atoms with Gasteiger partial charge in [-0.1, -0.05) is 12.1 Å². The van der Waals surface area contributed by atoms with Crippen LogP contribution in [0.4, 0.5) is 10.1 Å². The zero-order valence-corrected chi connectivity index (χ0v) is 18.0. The smallest absolute Gasteiger partial charge is 0.227 e. The van der Waals surface area contributed by atoms with Crippen LogP contribution in [0.5, 0.6) is 11.5 Å². The number of nitrogens with one attached hydrogen (secondary N) is 1. The number of aromatic nitrogens is 2. The van der Waals surface area contributed by atoms with Gasteiger partial charge in [-0.3, -0.25) is 9.59 Å². The lowest BCUT2D eigenvalue weighted by Gasteiger charge is -2.23. The second-order valence-electron chi connectivity index (χ2n) is 8.12. The average molecular weight is 450 g/mol. The van der Waals surface area contributed by atoms with E-state index in [0.717, 1.165) is 0 Å². The summed E-state index contributed by atoms with van der Waals surface area (Å²) in [5.41, 5.74) is 1.37. The monoisotopic (exact) mass is 450 g/mol. The molecular formula is C24H23FN4O4. The molecule has 1 aromatic heterocycles. The van der Waals surface area contributed by atoms with Crippen molar-refractivity contribution in [3.8, 4) is 11.5 Å². The second kappa shape index (κ2) is 8.57. The summed E-state index contributed by atoms with van der Waals surface area (Å²) in [4.78, 5) is 31.9. The maximum absolute atomic E-state index is 13.5. The molecular weight excluding hydrogens is 427 g/mol. The predicted molar refractivity (Wildman–Crippen MR) is 117 cm³/mol. The van der Waals surface area contributed by atoms with Gasteiger partial charge in [-0.2, -0.15) is 0 Å². The molecule has 0 bridgehead atoms. The molecule has 0 unspecified atom stereocenters. The fourth-order valence-corrected chi connectivity index (χ4v) is 4.20. The summed E-state index contributed by atoms with van der Waals surface area (Å²) < 4.78 is 26.4. The maximum atomic E-state index is 13.5. The number of hydrogen-bond acceptors (Lipinski definition) is 5. The third-order valence-corrected chi connectivity index (χ3v) is 5.94. The zero-order valence-electron chi connectivity index (χ0n) is 18.0. The maximum Gasteiger partial charge on any atom is 0.227 e. The molecule has 2 aliphatic heterocycles. The van der Waals surface area contributed by atoms with Crippen LogP contribution in [0.15, 0.2) is 54.9 Å². The summed E-state index contributed by atoms with van der Waals surface area (Å²) in [6, 6.07) is 10.7. The first kappa shape index (κ1) is 21.0. The molecule has 8 nitrogen and oxygen atoms in total. The highest BCUT2D eigenvalue weighted by Gasteiger charge is 2.37.